The molecule has 2 rings (SSSR count). The molecule has 1 fully saturated rings. The minimum atomic E-state index is -0.424. The van der Waals surface area contributed by atoms with Crippen LogP contribution in [0.4, 0.5) is 0 Å². The zero-order chi connectivity index (χ0) is 14.4. The highest BCUT2D eigenvalue weighted by Crippen LogP contribution is 2.21. The number of phenolic OH excluding ortho intramolecular Hbond substituents is 2. The number of aromatic hydroxyl groups is 2. The van der Waals surface area contributed by atoms with Crippen molar-refractivity contribution in [2.75, 3.05) is 26.2 Å². The molecule has 1 heterocycles. The van der Waals surface area contributed by atoms with Gasteiger partial charge in [0.05, 0.1) is 18.3 Å². The van der Waals surface area contributed by atoms with E-state index in [-0.39, 0.29) is 23.2 Å². The summed E-state index contributed by atoms with van der Waals surface area (Å²) < 4.78 is 5.66. The first-order valence-electron chi connectivity index (χ1n) is 6.79. The number of piperidine rings is 1. The molecule has 1 aliphatic heterocycles. The molecule has 1 amide bonds. The molecule has 110 valence electrons. The Morgan fingerprint density at radius 1 is 1.35 bits per heavy atom. The van der Waals surface area contributed by atoms with Gasteiger partial charge in [-0.05, 0) is 44.1 Å². The van der Waals surface area contributed by atoms with Crippen LogP contribution in [0.15, 0.2) is 18.2 Å². The molecule has 1 aromatic carbocycles. The second-order valence-corrected chi connectivity index (χ2v) is 4.78. The molecule has 6 heteroatoms. The summed E-state index contributed by atoms with van der Waals surface area (Å²) in [6.07, 6.45) is 2.23. The topological polar surface area (TPSA) is 90.8 Å². The number of hydrogen-bond donors (Lipinski definition) is 4. The summed E-state index contributed by atoms with van der Waals surface area (Å²) in [6, 6.07) is 3.85. The Bertz CT molecular complexity index is 458. The summed E-state index contributed by atoms with van der Waals surface area (Å²) in [5, 5.41) is 24.8. The third-order valence-corrected chi connectivity index (χ3v) is 3.25. The van der Waals surface area contributed by atoms with E-state index in [2.05, 4.69) is 10.6 Å². The van der Waals surface area contributed by atoms with Gasteiger partial charge in [-0.1, -0.05) is 0 Å². The Hall–Kier alpha value is -1.79. The maximum atomic E-state index is 11.8. The zero-order valence-electron chi connectivity index (χ0n) is 11.3. The summed E-state index contributed by atoms with van der Waals surface area (Å²) in [5.74, 6) is -0.634. The minimum absolute atomic E-state index is 0.0566. The fourth-order valence-corrected chi connectivity index (χ4v) is 2.15. The van der Waals surface area contributed by atoms with E-state index >= 15 is 0 Å². The Morgan fingerprint density at radius 3 is 2.85 bits per heavy atom. The number of ether oxygens (including phenoxy) is 1. The lowest BCUT2D eigenvalue weighted by Crippen LogP contribution is -2.34. The van der Waals surface area contributed by atoms with Crippen LogP contribution in [0.25, 0.3) is 0 Å². The number of carbonyl (C=O) groups excluding carboxylic acids is 1. The smallest absolute Gasteiger partial charge is 0.255 e. The molecule has 0 bridgehead atoms. The van der Waals surface area contributed by atoms with E-state index in [1.165, 1.54) is 18.2 Å². The van der Waals surface area contributed by atoms with Crippen LogP contribution in [0.5, 0.6) is 11.5 Å². The quantitative estimate of drug-likeness (QED) is 0.468. The average molecular weight is 280 g/mol. The number of amides is 1. The highest BCUT2D eigenvalue weighted by Gasteiger charge is 2.14. The Balaban J connectivity index is 1.73. The van der Waals surface area contributed by atoms with E-state index in [0.29, 0.717) is 13.2 Å². The first-order valence-corrected chi connectivity index (χ1v) is 6.79. The van der Waals surface area contributed by atoms with E-state index in [1.807, 2.05) is 0 Å². The van der Waals surface area contributed by atoms with Gasteiger partial charge in [-0.25, -0.2) is 0 Å². The van der Waals surface area contributed by atoms with Gasteiger partial charge in [0.1, 0.15) is 11.5 Å². The molecule has 0 spiro atoms. The van der Waals surface area contributed by atoms with Gasteiger partial charge in [0.15, 0.2) is 0 Å². The summed E-state index contributed by atoms with van der Waals surface area (Å²) in [4.78, 5) is 11.8. The van der Waals surface area contributed by atoms with Crippen molar-refractivity contribution in [1.29, 1.82) is 0 Å². The van der Waals surface area contributed by atoms with Gasteiger partial charge in [0.2, 0.25) is 0 Å². The van der Waals surface area contributed by atoms with Crippen LogP contribution in [0.3, 0.4) is 0 Å². The van der Waals surface area contributed by atoms with E-state index < -0.39 is 5.91 Å². The van der Waals surface area contributed by atoms with Crippen molar-refractivity contribution in [3.63, 3.8) is 0 Å². The highest BCUT2D eigenvalue weighted by molar-refractivity contribution is 5.97. The van der Waals surface area contributed by atoms with Crippen molar-refractivity contribution < 1.29 is 19.7 Å². The largest absolute Gasteiger partial charge is 0.508 e. The third kappa shape index (κ3) is 4.11. The fourth-order valence-electron chi connectivity index (χ4n) is 2.15. The van der Waals surface area contributed by atoms with Crippen molar-refractivity contribution >= 4 is 5.91 Å². The van der Waals surface area contributed by atoms with E-state index in [0.717, 1.165) is 25.9 Å². The summed E-state index contributed by atoms with van der Waals surface area (Å²) in [7, 11) is 0. The molecule has 0 aromatic heterocycles. The standard InChI is InChI=1S/C14H20N2O4/c17-10-1-2-13(18)12(9-10)14(19)16-7-8-20-11-3-5-15-6-4-11/h1-2,9,11,15,17-18H,3-8H2,(H,16,19). The Labute approximate surface area is 117 Å². The van der Waals surface area contributed by atoms with Crippen molar-refractivity contribution in [2.24, 2.45) is 0 Å². The lowest BCUT2D eigenvalue weighted by Gasteiger charge is -2.22. The lowest BCUT2D eigenvalue weighted by molar-refractivity contribution is 0.0343. The summed E-state index contributed by atoms with van der Waals surface area (Å²) >= 11 is 0. The number of benzene rings is 1. The molecular weight excluding hydrogens is 260 g/mol. The molecule has 1 saturated heterocycles. The Kier molecular flexibility index (Phi) is 5.20. The average Bonchev–Trinajstić information content (AvgIpc) is 2.47. The van der Waals surface area contributed by atoms with Gasteiger partial charge in [0.25, 0.3) is 5.91 Å². The summed E-state index contributed by atoms with van der Waals surface area (Å²) in [6.45, 7) is 2.75. The van der Waals surface area contributed by atoms with Crippen LogP contribution in [0, 0.1) is 0 Å². The molecule has 1 aromatic rings. The molecule has 6 nitrogen and oxygen atoms in total. The molecule has 0 saturated carbocycles. The normalized spacial score (nSPS) is 16.0. The number of rotatable bonds is 5. The summed E-state index contributed by atoms with van der Waals surface area (Å²) in [5.41, 5.74) is 0.0619. The Morgan fingerprint density at radius 2 is 2.10 bits per heavy atom. The molecule has 0 atom stereocenters. The fraction of sp³-hybridized carbons (Fsp3) is 0.500. The number of carbonyl (C=O) groups is 1. The van der Waals surface area contributed by atoms with E-state index in [1.54, 1.807) is 0 Å². The molecule has 0 aliphatic carbocycles. The van der Waals surface area contributed by atoms with E-state index in [4.69, 9.17) is 4.74 Å². The van der Waals surface area contributed by atoms with Gasteiger partial charge in [0, 0.05) is 6.54 Å². The van der Waals surface area contributed by atoms with Gasteiger partial charge < -0.3 is 25.6 Å². The van der Waals surface area contributed by atoms with E-state index in [9.17, 15) is 15.0 Å². The predicted octanol–water partition coefficient (Wildman–Crippen LogP) is 0.596. The van der Waals surface area contributed by atoms with Gasteiger partial charge >= 0.3 is 0 Å². The van der Waals surface area contributed by atoms with Gasteiger partial charge in [-0.3, -0.25) is 4.79 Å². The first kappa shape index (κ1) is 14.6. The number of nitrogens with one attached hydrogen (secondary N) is 2. The van der Waals surface area contributed by atoms with Crippen LogP contribution in [-0.2, 0) is 4.74 Å². The van der Waals surface area contributed by atoms with Crippen molar-refractivity contribution in [1.82, 2.24) is 10.6 Å². The maximum absolute atomic E-state index is 11.8. The van der Waals surface area contributed by atoms with Crippen molar-refractivity contribution in [3.05, 3.63) is 23.8 Å². The third-order valence-electron chi connectivity index (χ3n) is 3.25. The van der Waals surface area contributed by atoms with Crippen LogP contribution in [-0.4, -0.2) is 48.5 Å². The van der Waals surface area contributed by atoms with Crippen LogP contribution in [0.1, 0.15) is 23.2 Å². The molecule has 20 heavy (non-hydrogen) atoms. The monoisotopic (exact) mass is 280 g/mol. The SMILES string of the molecule is O=C(NCCOC1CCNCC1)c1cc(O)ccc1O. The predicted molar refractivity (Wildman–Crippen MR) is 73.9 cm³/mol. The molecule has 1 aliphatic rings. The van der Waals surface area contributed by atoms with Crippen molar-refractivity contribution in [3.8, 4) is 11.5 Å². The molecular formula is C14H20N2O4. The van der Waals surface area contributed by atoms with Gasteiger partial charge in [-0.15, -0.1) is 0 Å². The van der Waals surface area contributed by atoms with Crippen LogP contribution >= 0.6 is 0 Å². The molecule has 0 unspecified atom stereocenters. The number of hydrogen-bond acceptors (Lipinski definition) is 5. The van der Waals surface area contributed by atoms with Crippen LogP contribution < -0.4 is 10.6 Å². The highest BCUT2D eigenvalue weighted by atomic mass is 16.5. The second-order valence-electron chi connectivity index (χ2n) is 4.78. The minimum Gasteiger partial charge on any atom is -0.508 e. The molecule has 4 N–H and O–H groups in total. The molecule has 0 radical (unpaired) electrons. The van der Waals surface area contributed by atoms with Crippen LogP contribution in [0.2, 0.25) is 0 Å². The van der Waals surface area contributed by atoms with Gasteiger partial charge in [-0.2, -0.15) is 0 Å². The second kappa shape index (κ2) is 7.12. The zero-order valence-corrected chi connectivity index (χ0v) is 11.3. The maximum Gasteiger partial charge on any atom is 0.255 e. The number of phenols is 2. The first-order chi connectivity index (χ1) is 9.66. The van der Waals surface area contributed by atoms with Crippen molar-refractivity contribution in [2.45, 2.75) is 18.9 Å². The lowest BCUT2D eigenvalue weighted by atomic mass is 10.1.